The average Bonchev–Trinajstić information content (AvgIpc) is 3.22. The summed E-state index contributed by atoms with van der Waals surface area (Å²) in [6.45, 7) is 2.95. The topological polar surface area (TPSA) is 235 Å². The molecule has 0 radical (unpaired) electrons. The van der Waals surface area contributed by atoms with Gasteiger partial charge in [-0.3, -0.25) is 14.6 Å². The second-order valence-corrected chi connectivity index (χ2v) is 15.9. The number of methoxy groups -OCH3 is 1. The Morgan fingerprint density at radius 1 is 0.915 bits per heavy atom. The third-order valence-corrected chi connectivity index (χ3v) is 11.5. The molecule has 308 valence electrons. The fourth-order valence-corrected chi connectivity index (χ4v) is 8.17. The molecule has 1 unspecified atom stereocenters. The lowest BCUT2D eigenvalue weighted by Crippen LogP contribution is -2.25. The van der Waals surface area contributed by atoms with E-state index in [1.807, 2.05) is 0 Å². The van der Waals surface area contributed by atoms with Crippen LogP contribution in [-0.2, 0) is 21.2 Å². The van der Waals surface area contributed by atoms with Crippen molar-refractivity contribution in [3.63, 3.8) is 0 Å². The molecular weight excluding hydrogens is 777 g/mol. The second kappa shape index (κ2) is 18.8. The maximum Gasteiger partial charge on any atom is 0.407 e. The summed E-state index contributed by atoms with van der Waals surface area (Å²) in [6.07, 6.45) is 3.22. The molecule has 0 saturated heterocycles. The first kappa shape index (κ1) is 42.1. The Hall–Kier alpha value is -6.49. The zero-order valence-corrected chi connectivity index (χ0v) is 33.4. The monoisotopic (exact) mass is 822 g/mol. The minimum Gasteiger partial charge on any atom is -0.506 e. The summed E-state index contributed by atoms with van der Waals surface area (Å²) >= 11 is 0. The SMILES string of the molecule is COc1cccc(Nc2c(C(N)=O)cnc3c(C)cc(S(=O)(=O)c4cccc(COC(=O)NCCCCCCNCC(O)c5ccc(O)c6[nH]c(=O)ccc56)c4)cc23)c1. The number of hydrogen-bond donors (Lipinski definition) is 7. The number of phenolic OH excluding ortho intramolecular Hbond substituents is 1. The van der Waals surface area contributed by atoms with Gasteiger partial charge in [-0.05, 0) is 91.5 Å². The third-order valence-electron chi connectivity index (χ3n) is 9.78. The molecule has 4 aromatic carbocycles. The van der Waals surface area contributed by atoms with Crippen LogP contribution in [0.2, 0.25) is 0 Å². The van der Waals surface area contributed by atoms with Crippen molar-refractivity contribution in [3.05, 3.63) is 124 Å². The van der Waals surface area contributed by atoms with Crippen molar-refractivity contribution in [2.24, 2.45) is 5.73 Å². The van der Waals surface area contributed by atoms with Crippen molar-refractivity contribution in [2.75, 3.05) is 32.1 Å². The number of aliphatic hydroxyl groups excluding tert-OH is 1. The number of nitrogens with two attached hydrogens (primary N) is 1. The normalized spacial score (nSPS) is 12.0. The number of hydrogen-bond acceptors (Lipinski definition) is 12. The van der Waals surface area contributed by atoms with Gasteiger partial charge in [0.2, 0.25) is 15.4 Å². The zero-order chi connectivity index (χ0) is 42.1. The fraction of sp³-hybridized carbons (Fsp3) is 0.256. The number of aromatic hydroxyl groups is 1. The van der Waals surface area contributed by atoms with Gasteiger partial charge in [0.15, 0.2) is 0 Å². The Morgan fingerprint density at radius 3 is 2.47 bits per heavy atom. The molecule has 0 aliphatic heterocycles. The van der Waals surface area contributed by atoms with E-state index in [1.165, 1.54) is 49.7 Å². The first-order chi connectivity index (χ1) is 28.3. The maximum absolute atomic E-state index is 14.0. The molecule has 8 N–H and O–H groups in total. The number of fused-ring (bicyclic) bond motifs is 2. The van der Waals surface area contributed by atoms with Crippen LogP contribution in [0, 0.1) is 6.92 Å². The molecule has 6 rings (SSSR count). The van der Waals surface area contributed by atoms with Gasteiger partial charge in [-0.2, -0.15) is 0 Å². The van der Waals surface area contributed by atoms with Gasteiger partial charge >= 0.3 is 6.09 Å². The van der Waals surface area contributed by atoms with Crippen LogP contribution in [0.3, 0.4) is 0 Å². The van der Waals surface area contributed by atoms with E-state index in [1.54, 1.807) is 55.5 Å². The number of anilines is 2. The highest BCUT2D eigenvalue weighted by Gasteiger charge is 2.23. The third kappa shape index (κ3) is 10.2. The highest BCUT2D eigenvalue weighted by molar-refractivity contribution is 7.91. The maximum atomic E-state index is 14.0. The summed E-state index contributed by atoms with van der Waals surface area (Å²) in [5.74, 6) is -0.228. The molecule has 2 amide bonds. The van der Waals surface area contributed by atoms with Crippen LogP contribution in [0.5, 0.6) is 11.5 Å². The van der Waals surface area contributed by atoms with Gasteiger partial charge in [-0.15, -0.1) is 0 Å². The average molecular weight is 823 g/mol. The highest BCUT2D eigenvalue weighted by Crippen LogP contribution is 2.35. The smallest absolute Gasteiger partial charge is 0.407 e. The zero-order valence-electron chi connectivity index (χ0n) is 32.6. The molecule has 59 heavy (non-hydrogen) atoms. The number of rotatable bonds is 18. The van der Waals surface area contributed by atoms with Crippen LogP contribution in [0.15, 0.2) is 106 Å². The molecule has 0 fully saturated rings. The van der Waals surface area contributed by atoms with Crippen molar-refractivity contribution in [1.82, 2.24) is 20.6 Å². The summed E-state index contributed by atoms with van der Waals surface area (Å²) in [4.78, 5) is 43.6. The number of unbranched alkanes of at least 4 members (excludes halogenated alkanes) is 3. The number of carbonyl (C=O) groups excluding carboxylic acids is 2. The minimum atomic E-state index is -4.09. The predicted molar refractivity (Wildman–Crippen MR) is 224 cm³/mol. The minimum absolute atomic E-state index is 0.00510. The number of H-pyrrole nitrogens is 1. The molecule has 1 atom stereocenters. The number of aromatic amines is 1. The highest BCUT2D eigenvalue weighted by atomic mass is 32.2. The van der Waals surface area contributed by atoms with Gasteiger partial charge in [0.25, 0.3) is 5.91 Å². The molecule has 0 spiro atoms. The number of nitrogens with zero attached hydrogens (tertiary/aromatic N) is 1. The molecule has 16 heteroatoms. The molecule has 0 bridgehead atoms. The molecule has 2 aromatic heterocycles. The Bertz CT molecular complexity index is 2670. The van der Waals surface area contributed by atoms with Gasteiger partial charge < -0.3 is 46.4 Å². The Labute approximate surface area is 340 Å². The number of ether oxygens (including phenoxy) is 2. The van der Waals surface area contributed by atoms with E-state index in [9.17, 15) is 33.0 Å². The predicted octanol–water partition coefficient (Wildman–Crippen LogP) is 5.88. The summed E-state index contributed by atoms with van der Waals surface area (Å²) < 4.78 is 38.8. The number of benzene rings is 4. The quantitative estimate of drug-likeness (QED) is 0.0504. The van der Waals surface area contributed by atoms with E-state index in [0.29, 0.717) is 69.7 Å². The summed E-state index contributed by atoms with van der Waals surface area (Å²) in [5.41, 5.74) is 8.75. The number of nitrogens with one attached hydrogen (secondary N) is 4. The summed E-state index contributed by atoms with van der Waals surface area (Å²) in [6, 6.07) is 22.2. The van der Waals surface area contributed by atoms with Crippen molar-refractivity contribution in [3.8, 4) is 11.5 Å². The standard InChI is InChI=1S/C43H46N6O9S/c1-26-19-31(22-34-39(26)47-23-35(42(44)53)40(34)48-28-10-8-11-29(21-28)57-2)59(55,56)30-12-7-9-27(20-30)25-58-43(54)46-18-6-4-3-5-17-45-24-37(51)32-13-15-36(50)41-33(32)14-16-38(52)49-41/h7-16,19-23,37,45,50-51H,3-6,17-18,24-25H2,1-2H3,(H2,44,53)(H,46,54)(H,47,48)(H,49,52). The lowest BCUT2D eigenvalue weighted by molar-refractivity contribution is 0.100. The van der Waals surface area contributed by atoms with E-state index in [0.717, 1.165) is 25.7 Å². The van der Waals surface area contributed by atoms with E-state index in [4.69, 9.17) is 15.2 Å². The van der Waals surface area contributed by atoms with Gasteiger partial charge in [0, 0.05) is 47.9 Å². The van der Waals surface area contributed by atoms with Crippen molar-refractivity contribution in [2.45, 2.75) is 55.1 Å². The van der Waals surface area contributed by atoms with Crippen LogP contribution in [0.4, 0.5) is 16.2 Å². The summed E-state index contributed by atoms with van der Waals surface area (Å²) in [7, 11) is -2.56. The molecule has 2 heterocycles. The van der Waals surface area contributed by atoms with Gasteiger partial charge in [0.05, 0.1) is 45.3 Å². The number of phenols is 1. The largest absolute Gasteiger partial charge is 0.506 e. The number of aliphatic hydroxyl groups is 1. The molecule has 0 aliphatic rings. The molecule has 0 saturated carbocycles. The van der Waals surface area contributed by atoms with Crippen LogP contribution >= 0.6 is 0 Å². The lowest BCUT2D eigenvalue weighted by atomic mass is 10.0. The molecule has 0 aliphatic carbocycles. The number of carbonyl (C=O) groups is 2. The number of sulfone groups is 1. The van der Waals surface area contributed by atoms with Crippen LogP contribution in [-0.4, -0.2) is 67.3 Å². The second-order valence-electron chi connectivity index (χ2n) is 14.0. The van der Waals surface area contributed by atoms with E-state index >= 15 is 0 Å². The number of aryl methyl sites for hydroxylation is 1. The van der Waals surface area contributed by atoms with Crippen molar-refractivity contribution < 1.29 is 37.7 Å². The van der Waals surface area contributed by atoms with E-state index in [2.05, 4.69) is 25.9 Å². The molecular formula is C43H46N6O9S. The first-order valence-corrected chi connectivity index (χ1v) is 20.5. The van der Waals surface area contributed by atoms with Gasteiger partial charge in [0.1, 0.15) is 18.1 Å². The number of alkyl carbamates (subject to hydrolysis) is 1. The van der Waals surface area contributed by atoms with Crippen LogP contribution in [0.25, 0.3) is 21.8 Å². The van der Waals surface area contributed by atoms with Crippen LogP contribution in [0.1, 0.15) is 58.8 Å². The summed E-state index contributed by atoms with van der Waals surface area (Å²) in [5, 5.41) is 30.9. The number of aromatic nitrogens is 2. The number of pyridine rings is 2. The number of primary amides is 1. The number of amides is 2. The first-order valence-electron chi connectivity index (χ1n) is 19.0. The Kier molecular flexibility index (Phi) is 13.5. The molecule has 15 nitrogen and oxygen atoms in total. The van der Waals surface area contributed by atoms with E-state index < -0.39 is 27.9 Å². The van der Waals surface area contributed by atoms with Crippen molar-refractivity contribution >= 4 is 55.0 Å². The fourth-order valence-electron chi connectivity index (χ4n) is 6.72. The van der Waals surface area contributed by atoms with Gasteiger partial charge in [-0.25, -0.2) is 13.2 Å². The van der Waals surface area contributed by atoms with E-state index in [-0.39, 0.29) is 38.8 Å². The Morgan fingerprint density at radius 2 is 1.69 bits per heavy atom. The Balaban J connectivity index is 0.984. The lowest BCUT2D eigenvalue weighted by Gasteiger charge is -2.16. The van der Waals surface area contributed by atoms with Gasteiger partial charge in [-0.1, -0.05) is 37.1 Å². The molecule has 6 aromatic rings. The van der Waals surface area contributed by atoms with Crippen LogP contribution < -0.4 is 32.0 Å². The van der Waals surface area contributed by atoms with Crippen molar-refractivity contribution in [1.29, 1.82) is 0 Å².